The van der Waals surface area contributed by atoms with Crippen molar-refractivity contribution in [3.8, 4) is 5.75 Å². The second-order valence-electron chi connectivity index (χ2n) is 16.7. The van der Waals surface area contributed by atoms with E-state index in [2.05, 4.69) is 52.2 Å². The third-order valence-electron chi connectivity index (χ3n) is 11.3. The molecule has 3 heterocycles. The molecule has 23 nitrogen and oxygen atoms in total. The van der Waals surface area contributed by atoms with Gasteiger partial charge in [0.2, 0.25) is 41.4 Å². The van der Waals surface area contributed by atoms with Gasteiger partial charge in [0.25, 0.3) is 0 Å². The van der Waals surface area contributed by atoms with E-state index in [1.54, 1.807) is 49.5 Å². The van der Waals surface area contributed by atoms with Crippen LogP contribution < -0.4 is 48.7 Å². The highest BCUT2D eigenvalue weighted by Crippen LogP contribution is 2.25. The number of carboxylic acids is 1. The van der Waals surface area contributed by atoms with Crippen molar-refractivity contribution in [1.29, 1.82) is 0 Å². The molecule has 70 heavy (non-hydrogen) atoms. The maximum Gasteiger partial charge on any atom is 0.326 e. The van der Waals surface area contributed by atoms with Crippen molar-refractivity contribution in [3.63, 3.8) is 0 Å². The number of hydrogen-bond donors (Lipinski definition) is 12. The first kappa shape index (κ1) is 54.1. The molecular formula is C45H61N13O10S2. The van der Waals surface area contributed by atoms with E-state index in [0.717, 1.165) is 0 Å². The van der Waals surface area contributed by atoms with Gasteiger partial charge in [0.15, 0.2) is 5.96 Å². The minimum Gasteiger partial charge on any atom is -0.508 e. The van der Waals surface area contributed by atoms with Crippen LogP contribution >= 0.6 is 21.6 Å². The lowest BCUT2D eigenvalue weighted by Crippen LogP contribution is -2.61. The number of carboxylic acid groups (broad SMARTS) is 1. The maximum atomic E-state index is 14.5. The van der Waals surface area contributed by atoms with Crippen molar-refractivity contribution in [2.45, 2.75) is 93.7 Å². The summed E-state index contributed by atoms with van der Waals surface area (Å²) in [5.74, 6) is -5.75. The molecule has 0 saturated carbocycles. The third kappa shape index (κ3) is 17.0. The summed E-state index contributed by atoms with van der Waals surface area (Å²) >= 11 is 0. The lowest BCUT2D eigenvalue weighted by atomic mass is 10.0. The number of aromatic amines is 1. The lowest BCUT2D eigenvalue weighted by Gasteiger charge is -2.31. The van der Waals surface area contributed by atoms with Crippen LogP contribution in [0.5, 0.6) is 5.75 Å². The molecule has 7 amide bonds. The van der Waals surface area contributed by atoms with Gasteiger partial charge >= 0.3 is 5.97 Å². The smallest absolute Gasteiger partial charge is 0.326 e. The Labute approximate surface area is 412 Å². The number of imidazole rings is 1. The van der Waals surface area contributed by atoms with Crippen LogP contribution in [0.25, 0.3) is 0 Å². The minimum atomic E-state index is -1.32. The number of H-pyrrole nitrogens is 1. The van der Waals surface area contributed by atoms with Crippen molar-refractivity contribution in [1.82, 2.24) is 52.1 Å². The van der Waals surface area contributed by atoms with Crippen molar-refractivity contribution in [2.24, 2.45) is 16.5 Å². The van der Waals surface area contributed by atoms with Crippen LogP contribution in [-0.4, -0.2) is 159 Å². The summed E-state index contributed by atoms with van der Waals surface area (Å²) in [6.45, 7) is 0.261. The van der Waals surface area contributed by atoms with Gasteiger partial charge in [0, 0.05) is 55.7 Å². The third-order valence-corrected chi connectivity index (χ3v) is 13.8. The van der Waals surface area contributed by atoms with Crippen LogP contribution in [-0.2, 0) is 57.6 Å². The number of carbonyl (C=O) groups is 8. The summed E-state index contributed by atoms with van der Waals surface area (Å²) < 4.78 is 0. The molecule has 2 aliphatic heterocycles. The molecule has 2 saturated heterocycles. The van der Waals surface area contributed by atoms with E-state index in [9.17, 15) is 48.6 Å². The predicted octanol–water partition coefficient (Wildman–Crippen LogP) is -1.81. The van der Waals surface area contributed by atoms with E-state index >= 15 is 0 Å². The number of aliphatic imine (C=N–C) groups is 1. The number of carbonyl (C=O) groups excluding carboxylic acids is 7. The average molecular weight is 1010 g/mol. The van der Waals surface area contributed by atoms with Gasteiger partial charge in [-0.25, -0.2) is 9.78 Å². The van der Waals surface area contributed by atoms with E-state index < -0.39 is 89.6 Å². The molecule has 14 N–H and O–H groups in total. The molecule has 0 spiro atoms. The number of guanidine groups is 1. The van der Waals surface area contributed by atoms with Gasteiger partial charge < -0.3 is 68.8 Å². The zero-order valence-electron chi connectivity index (χ0n) is 38.6. The van der Waals surface area contributed by atoms with Crippen molar-refractivity contribution in [2.75, 3.05) is 38.2 Å². The fourth-order valence-electron chi connectivity index (χ4n) is 7.77. The number of phenolic OH excluding ortho intramolecular Hbond substituents is 1. The van der Waals surface area contributed by atoms with Crippen LogP contribution in [0.1, 0.15) is 48.9 Å². The van der Waals surface area contributed by atoms with E-state index in [0.29, 0.717) is 29.7 Å². The number of aromatic hydroxyl groups is 1. The number of aliphatic carboxylic acids is 1. The number of rotatable bonds is 21. The van der Waals surface area contributed by atoms with Gasteiger partial charge in [-0.05, 0) is 62.4 Å². The Hall–Kier alpha value is -6.86. The molecule has 0 radical (unpaired) electrons. The van der Waals surface area contributed by atoms with E-state index in [-0.39, 0.29) is 81.4 Å². The predicted molar refractivity (Wildman–Crippen MR) is 262 cm³/mol. The number of nitrogens with two attached hydrogens (primary N) is 2. The van der Waals surface area contributed by atoms with E-state index in [4.69, 9.17) is 11.5 Å². The molecule has 1 aromatic heterocycles. The Kier molecular flexibility index (Phi) is 21.1. The number of nitrogens with zero attached hydrogens (tertiary/aromatic N) is 3. The molecule has 5 rings (SSSR count). The number of nitrogens with one attached hydrogen (secondary N) is 8. The Bertz CT molecular complexity index is 2290. The minimum absolute atomic E-state index is 0.0165. The highest BCUT2D eigenvalue weighted by Gasteiger charge is 2.40. The number of aromatic nitrogens is 2. The van der Waals surface area contributed by atoms with Crippen molar-refractivity contribution in [3.05, 3.63) is 83.9 Å². The SMILES string of the molecule is CNCC(=O)N[C@@H](CCCN=C(N)N)C(=O)NC1CSSCC[C@@H](C(=O)N[C@@H](Cc2cnc[nH]2)C(=O)N2CCC[C@H]2C(=O)N[C@@H](Cc2ccccc2)C(=O)O)NC(=O)[C@H](Cc2ccc(O)cc2)NC1=O. The van der Waals surface area contributed by atoms with E-state index in [1.165, 1.54) is 51.1 Å². The fourth-order valence-corrected chi connectivity index (χ4v) is 10.0. The average Bonchev–Trinajstić information content (AvgIpc) is 4.04. The topological polar surface area (TPSA) is 358 Å². The number of benzene rings is 2. The molecule has 25 heteroatoms. The first-order valence-electron chi connectivity index (χ1n) is 22.7. The lowest BCUT2D eigenvalue weighted by molar-refractivity contribution is -0.145. The number of likely N-dealkylation sites (N-methyl/N-ethyl adjacent to an activating group) is 1. The fraction of sp³-hybridized carbons (Fsp3) is 0.467. The van der Waals surface area contributed by atoms with Gasteiger partial charge in [-0.2, -0.15) is 0 Å². The largest absolute Gasteiger partial charge is 0.508 e. The summed E-state index contributed by atoms with van der Waals surface area (Å²) in [6, 6.07) is 6.36. The molecule has 2 fully saturated rings. The standard InChI is InChI=1S/C45H61N13O10S2/c1-48-23-37(60)52-30(9-5-16-50-45(46)47)38(61)57-35-24-70-69-18-15-31(53-40(63)32(54-41(35)64)19-27-11-13-29(59)14-12-27)39(62)55-33(21-28-22-49-25-51-28)43(66)58-17-6-10-36(58)42(65)56-34(44(67)68)20-26-7-3-2-4-8-26/h2-4,7-8,11-14,22,25,30-36,48,59H,5-6,9-10,15-21,23-24H2,1H3,(H,49,51)(H,52,60)(H,53,63)(H,54,64)(H,55,62)(H,56,65)(H,57,61)(H,67,68)(H4,46,47,50)/t30-,31-,32-,33-,34-,35?,36-/m0/s1. The van der Waals surface area contributed by atoms with Crippen LogP contribution in [0.3, 0.4) is 0 Å². The normalized spacial score (nSPS) is 19.9. The van der Waals surface area contributed by atoms with Crippen molar-refractivity contribution < 1.29 is 48.6 Å². The number of amides is 7. The molecule has 0 bridgehead atoms. The quantitative estimate of drug-likeness (QED) is 0.0242. The van der Waals surface area contributed by atoms with Gasteiger partial charge in [0.05, 0.1) is 12.9 Å². The molecule has 2 aliphatic rings. The highest BCUT2D eigenvalue weighted by atomic mass is 33.1. The molecule has 0 aliphatic carbocycles. The van der Waals surface area contributed by atoms with Crippen LogP contribution in [0, 0.1) is 0 Å². The summed E-state index contributed by atoms with van der Waals surface area (Å²) in [7, 11) is 4.07. The number of phenols is 1. The Morgan fingerprint density at radius 2 is 1.63 bits per heavy atom. The van der Waals surface area contributed by atoms with Crippen LogP contribution in [0.15, 0.2) is 72.1 Å². The van der Waals surface area contributed by atoms with Gasteiger partial charge in [-0.1, -0.05) is 64.1 Å². The summed E-state index contributed by atoms with van der Waals surface area (Å²) in [4.78, 5) is 122. The Morgan fingerprint density at radius 1 is 0.886 bits per heavy atom. The molecule has 378 valence electrons. The molecule has 3 aromatic rings. The zero-order valence-corrected chi connectivity index (χ0v) is 40.2. The summed E-state index contributed by atoms with van der Waals surface area (Å²) in [5.41, 5.74) is 12.6. The first-order valence-corrected chi connectivity index (χ1v) is 25.2. The van der Waals surface area contributed by atoms with Crippen molar-refractivity contribution >= 4 is 74.9 Å². The number of hydrogen-bond acceptors (Lipinski definition) is 14. The zero-order chi connectivity index (χ0) is 50.6. The van der Waals surface area contributed by atoms with Gasteiger partial charge in [-0.3, -0.25) is 38.6 Å². The van der Waals surface area contributed by atoms with Crippen LogP contribution in [0.2, 0.25) is 0 Å². The Morgan fingerprint density at radius 3 is 2.31 bits per heavy atom. The van der Waals surface area contributed by atoms with Gasteiger partial charge in [-0.15, -0.1) is 0 Å². The summed E-state index contributed by atoms with van der Waals surface area (Å²) in [5, 5.41) is 38.9. The summed E-state index contributed by atoms with van der Waals surface area (Å²) in [6.07, 6.45) is 3.92. The molecule has 1 unspecified atom stereocenters. The first-order chi connectivity index (χ1) is 33.6. The number of likely N-dealkylation sites (tertiary alicyclic amines) is 1. The molecule has 7 atom stereocenters. The molecular weight excluding hydrogens is 947 g/mol. The van der Waals surface area contributed by atoms with Gasteiger partial charge in [0.1, 0.15) is 48.0 Å². The maximum absolute atomic E-state index is 14.5. The Balaban J connectivity index is 1.34. The van der Waals surface area contributed by atoms with E-state index in [1.807, 2.05) is 0 Å². The monoisotopic (exact) mass is 1010 g/mol. The molecule has 2 aromatic carbocycles. The second kappa shape index (κ2) is 27.4. The second-order valence-corrected chi connectivity index (χ2v) is 19.3. The highest BCUT2D eigenvalue weighted by molar-refractivity contribution is 8.76. The van der Waals surface area contributed by atoms with Crippen LogP contribution in [0.4, 0.5) is 0 Å².